The van der Waals surface area contributed by atoms with Crippen LogP contribution in [0.1, 0.15) is 17.2 Å². The van der Waals surface area contributed by atoms with Crippen LogP contribution >= 0.6 is 34.8 Å². The molecule has 0 spiro atoms. The van der Waals surface area contributed by atoms with E-state index in [2.05, 4.69) is 0 Å². The fourth-order valence-corrected chi connectivity index (χ4v) is 2.13. The Bertz CT molecular complexity index is 586. The Labute approximate surface area is 120 Å². The van der Waals surface area contributed by atoms with Gasteiger partial charge in [-0.05, 0) is 35.9 Å². The SMILES string of the molecule is Nc1ccc(Cl)cc1[C@@H](O)c1ccc(Cl)c(Cl)c1. The van der Waals surface area contributed by atoms with Crippen LogP contribution in [-0.4, -0.2) is 5.11 Å². The van der Waals surface area contributed by atoms with E-state index in [4.69, 9.17) is 40.5 Å². The number of aliphatic hydroxyl groups excluding tert-OH is 1. The molecule has 0 fully saturated rings. The Hall–Kier alpha value is -0.930. The van der Waals surface area contributed by atoms with Crippen LogP contribution in [0.4, 0.5) is 5.69 Å². The van der Waals surface area contributed by atoms with E-state index in [-0.39, 0.29) is 0 Å². The van der Waals surface area contributed by atoms with Crippen LogP contribution in [0.2, 0.25) is 15.1 Å². The smallest absolute Gasteiger partial charge is 0.106 e. The fourth-order valence-electron chi connectivity index (χ4n) is 1.64. The Morgan fingerprint density at radius 3 is 2.33 bits per heavy atom. The zero-order valence-corrected chi connectivity index (χ0v) is 11.5. The molecule has 2 aromatic rings. The average molecular weight is 303 g/mol. The lowest BCUT2D eigenvalue weighted by Gasteiger charge is -2.14. The van der Waals surface area contributed by atoms with E-state index >= 15 is 0 Å². The molecule has 0 saturated heterocycles. The van der Waals surface area contributed by atoms with E-state index in [0.717, 1.165) is 0 Å². The lowest BCUT2D eigenvalue weighted by molar-refractivity contribution is 0.221. The van der Waals surface area contributed by atoms with E-state index in [9.17, 15) is 5.11 Å². The van der Waals surface area contributed by atoms with Crippen LogP contribution < -0.4 is 5.73 Å². The number of hydrogen-bond acceptors (Lipinski definition) is 2. The van der Waals surface area contributed by atoms with Gasteiger partial charge in [0.2, 0.25) is 0 Å². The Morgan fingerprint density at radius 2 is 1.67 bits per heavy atom. The maximum Gasteiger partial charge on any atom is 0.106 e. The van der Waals surface area contributed by atoms with Gasteiger partial charge in [-0.15, -0.1) is 0 Å². The molecule has 2 nitrogen and oxygen atoms in total. The van der Waals surface area contributed by atoms with Gasteiger partial charge in [0.1, 0.15) is 6.10 Å². The summed E-state index contributed by atoms with van der Waals surface area (Å²) in [5.41, 5.74) is 7.44. The summed E-state index contributed by atoms with van der Waals surface area (Å²) in [6.45, 7) is 0. The van der Waals surface area contributed by atoms with Crippen molar-refractivity contribution in [2.75, 3.05) is 5.73 Å². The summed E-state index contributed by atoms with van der Waals surface area (Å²) >= 11 is 17.6. The summed E-state index contributed by atoms with van der Waals surface area (Å²) in [6, 6.07) is 9.88. The molecular weight excluding hydrogens is 293 g/mol. The molecule has 2 aromatic carbocycles. The van der Waals surface area contributed by atoms with Gasteiger partial charge in [-0.2, -0.15) is 0 Å². The number of aliphatic hydroxyl groups is 1. The predicted molar refractivity (Wildman–Crippen MR) is 76.4 cm³/mol. The fraction of sp³-hybridized carbons (Fsp3) is 0.0769. The third-order valence-corrected chi connectivity index (χ3v) is 3.58. The van der Waals surface area contributed by atoms with Crippen molar-refractivity contribution in [1.82, 2.24) is 0 Å². The maximum absolute atomic E-state index is 10.3. The van der Waals surface area contributed by atoms with Gasteiger partial charge in [0.05, 0.1) is 10.0 Å². The van der Waals surface area contributed by atoms with Gasteiger partial charge in [0, 0.05) is 16.3 Å². The van der Waals surface area contributed by atoms with Gasteiger partial charge in [0.15, 0.2) is 0 Å². The first kappa shape index (κ1) is 13.5. The first-order valence-corrected chi connectivity index (χ1v) is 6.30. The molecule has 0 heterocycles. The van der Waals surface area contributed by atoms with E-state index in [1.165, 1.54) is 0 Å². The molecule has 1 atom stereocenters. The lowest BCUT2D eigenvalue weighted by Crippen LogP contribution is -2.03. The Morgan fingerprint density at radius 1 is 0.944 bits per heavy atom. The second-order valence-corrected chi connectivity index (χ2v) is 5.10. The van der Waals surface area contributed by atoms with Crippen molar-refractivity contribution in [2.24, 2.45) is 0 Å². The van der Waals surface area contributed by atoms with Crippen LogP contribution in [0, 0.1) is 0 Å². The van der Waals surface area contributed by atoms with Crippen molar-refractivity contribution in [2.45, 2.75) is 6.10 Å². The summed E-state index contributed by atoms with van der Waals surface area (Å²) in [5.74, 6) is 0. The molecule has 0 radical (unpaired) electrons. The third kappa shape index (κ3) is 2.73. The molecule has 94 valence electrons. The number of hydrogen-bond donors (Lipinski definition) is 2. The predicted octanol–water partition coefficient (Wildman–Crippen LogP) is 4.31. The van der Waals surface area contributed by atoms with Crippen molar-refractivity contribution in [3.63, 3.8) is 0 Å². The number of rotatable bonds is 2. The first-order chi connectivity index (χ1) is 8.49. The molecule has 18 heavy (non-hydrogen) atoms. The lowest BCUT2D eigenvalue weighted by atomic mass is 10.0. The highest BCUT2D eigenvalue weighted by molar-refractivity contribution is 6.42. The normalized spacial score (nSPS) is 12.4. The zero-order valence-electron chi connectivity index (χ0n) is 9.20. The molecule has 0 unspecified atom stereocenters. The number of benzene rings is 2. The second-order valence-electron chi connectivity index (χ2n) is 3.85. The number of nitrogens with two attached hydrogens (primary N) is 1. The number of nitrogen functional groups attached to an aromatic ring is 1. The van der Waals surface area contributed by atoms with Crippen LogP contribution in [0.3, 0.4) is 0 Å². The molecule has 0 bridgehead atoms. The van der Waals surface area contributed by atoms with Crippen LogP contribution in [-0.2, 0) is 0 Å². The highest BCUT2D eigenvalue weighted by atomic mass is 35.5. The third-order valence-electron chi connectivity index (χ3n) is 2.60. The van der Waals surface area contributed by atoms with Crippen LogP contribution in [0.15, 0.2) is 36.4 Å². The minimum absolute atomic E-state index is 0.383. The van der Waals surface area contributed by atoms with Gasteiger partial charge in [-0.3, -0.25) is 0 Å². The first-order valence-electron chi connectivity index (χ1n) is 5.17. The molecule has 3 N–H and O–H groups in total. The Kier molecular flexibility index (Phi) is 4.03. The molecule has 0 amide bonds. The number of anilines is 1. The molecule has 0 aliphatic rings. The van der Waals surface area contributed by atoms with Crippen molar-refractivity contribution < 1.29 is 5.11 Å². The molecule has 5 heteroatoms. The van der Waals surface area contributed by atoms with E-state index in [0.29, 0.717) is 31.9 Å². The molecular formula is C13H10Cl3NO. The molecule has 0 aliphatic heterocycles. The molecule has 0 aliphatic carbocycles. The quantitative estimate of drug-likeness (QED) is 0.812. The monoisotopic (exact) mass is 301 g/mol. The van der Waals surface area contributed by atoms with E-state index in [1.54, 1.807) is 36.4 Å². The van der Waals surface area contributed by atoms with Gasteiger partial charge >= 0.3 is 0 Å². The topological polar surface area (TPSA) is 46.2 Å². The maximum atomic E-state index is 10.3. The largest absolute Gasteiger partial charge is 0.398 e. The summed E-state index contributed by atoms with van der Waals surface area (Å²) in [5, 5.41) is 11.6. The Balaban J connectivity index is 2.44. The van der Waals surface area contributed by atoms with Gasteiger partial charge in [-0.1, -0.05) is 40.9 Å². The van der Waals surface area contributed by atoms with E-state index < -0.39 is 6.10 Å². The molecule has 0 aromatic heterocycles. The van der Waals surface area contributed by atoms with Crippen LogP contribution in [0.5, 0.6) is 0 Å². The summed E-state index contributed by atoms with van der Waals surface area (Å²) in [7, 11) is 0. The van der Waals surface area contributed by atoms with Gasteiger partial charge in [-0.25, -0.2) is 0 Å². The van der Waals surface area contributed by atoms with Crippen molar-refractivity contribution in [1.29, 1.82) is 0 Å². The summed E-state index contributed by atoms with van der Waals surface area (Å²) in [6.07, 6.45) is -0.890. The highest BCUT2D eigenvalue weighted by Gasteiger charge is 2.15. The van der Waals surface area contributed by atoms with Gasteiger partial charge < -0.3 is 10.8 Å². The van der Waals surface area contributed by atoms with Crippen molar-refractivity contribution >= 4 is 40.5 Å². The van der Waals surface area contributed by atoms with Crippen molar-refractivity contribution in [3.05, 3.63) is 62.6 Å². The average Bonchev–Trinajstić information content (AvgIpc) is 2.35. The van der Waals surface area contributed by atoms with Crippen molar-refractivity contribution in [3.8, 4) is 0 Å². The standard InChI is InChI=1S/C13H10Cl3NO/c14-8-2-4-12(17)9(6-8)13(18)7-1-3-10(15)11(16)5-7/h1-6,13,18H,17H2/t13-/m0/s1. The molecule has 0 saturated carbocycles. The zero-order chi connectivity index (χ0) is 13.3. The molecule has 2 rings (SSSR count). The summed E-state index contributed by atoms with van der Waals surface area (Å²) < 4.78 is 0. The summed E-state index contributed by atoms with van der Waals surface area (Å²) in [4.78, 5) is 0. The van der Waals surface area contributed by atoms with Crippen LogP contribution in [0.25, 0.3) is 0 Å². The minimum Gasteiger partial charge on any atom is -0.398 e. The minimum atomic E-state index is -0.890. The number of halogens is 3. The van der Waals surface area contributed by atoms with E-state index in [1.807, 2.05) is 0 Å². The second kappa shape index (κ2) is 5.37. The highest BCUT2D eigenvalue weighted by Crippen LogP contribution is 2.32. The van der Waals surface area contributed by atoms with Gasteiger partial charge in [0.25, 0.3) is 0 Å².